The van der Waals surface area contributed by atoms with Gasteiger partial charge in [0.05, 0.1) is 5.02 Å². The van der Waals surface area contributed by atoms with Gasteiger partial charge in [0.25, 0.3) is 0 Å². The van der Waals surface area contributed by atoms with Gasteiger partial charge in [-0.25, -0.2) is 0 Å². The molecule has 2 aromatic rings. The van der Waals surface area contributed by atoms with Crippen LogP contribution in [-0.2, 0) is 6.42 Å². The van der Waals surface area contributed by atoms with Crippen LogP contribution in [-0.4, -0.2) is 10.7 Å². The minimum atomic E-state index is 0.827. The Labute approximate surface area is 105 Å². The first kappa shape index (κ1) is 11.5. The lowest BCUT2D eigenvalue weighted by Gasteiger charge is -2.03. The fourth-order valence-corrected chi connectivity index (χ4v) is 2.58. The lowest BCUT2D eigenvalue weighted by Crippen LogP contribution is -1.91. The molecule has 0 amide bonds. The van der Waals surface area contributed by atoms with Crippen molar-refractivity contribution in [3.05, 3.63) is 59.4 Å². The van der Waals surface area contributed by atoms with E-state index in [9.17, 15) is 0 Å². The van der Waals surface area contributed by atoms with E-state index in [0.717, 1.165) is 27.8 Å². The van der Waals surface area contributed by atoms with Crippen LogP contribution >= 0.6 is 23.4 Å². The molecule has 3 heteroatoms. The van der Waals surface area contributed by atoms with Crippen molar-refractivity contribution in [1.82, 2.24) is 4.98 Å². The quantitative estimate of drug-likeness (QED) is 0.758. The number of hydrogen-bond acceptors (Lipinski definition) is 2. The highest BCUT2D eigenvalue weighted by Crippen LogP contribution is 2.26. The lowest BCUT2D eigenvalue weighted by molar-refractivity contribution is 1.05. The molecule has 16 heavy (non-hydrogen) atoms. The van der Waals surface area contributed by atoms with Crippen molar-refractivity contribution >= 4 is 23.4 Å². The maximum atomic E-state index is 6.07. The van der Waals surface area contributed by atoms with Crippen molar-refractivity contribution in [1.29, 1.82) is 0 Å². The largest absolute Gasteiger partial charge is 0.261 e. The zero-order valence-electron chi connectivity index (χ0n) is 8.77. The summed E-state index contributed by atoms with van der Waals surface area (Å²) in [5, 5.41) is 0.827. The molecule has 0 atom stereocenters. The summed E-state index contributed by atoms with van der Waals surface area (Å²) in [6, 6.07) is 13.9. The Hall–Kier alpha value is -0.990. The Kier molecular flexibility index (Phi) is 4.25. The lowest BCUT2D eigenvalue weighted by atomic mass is 10.3. The van der Waals surface area contributed by atoms with Crippen molar-refractivity contribution in [2.24, 2.45) is 0 Å². The molecule has 0 radical (unpaired) electrons. The first-order valence-corrected chi connectivity index (χ1v) is 6.50. The van der Waals surface area contributed by atoms with Crippen LogP contribution in [0, 0.1) is 0 Å². The second kappa shape index (κ2) is 5.92. The van der Waals surface area contributed by atoms with Crippen LogP contribution in [0.1, 0.15) is 5.69 Å². The summed E-state index contributed by atoms with van der Waals surface area (Å²) < 4.78 is 0. The number of rotatable bonds is 4. The molecule has 0 aliphatic rings. The molecular formula is C13H12ClNS. The van der Waals surface area contributed by atoms with Gasteiger partial charge in [0.1, 0.15) is 0 Å². The molecule has 0 fully saturated rings. The number of aromatic nitrogens is 1. The summed E-state index contributed by atoms with van der Waals surface area (Å²) in [5.41, 5.74) is 1.13. The van der Waals surface area contributed by atoms with Gasteiger partial charge < -0.3 is 0 Å². The zero-order chi connectivity index (χ0) is 11.2. The predicted molar refractivity (Wildman–Crippen MR) is 70.1 cm³/mol. The molecule has 0 aliphatic carbocycles. The van der Waals surface area contributed by atoms with Crippen molar-refractivity contribution in [3.8, 4) is 0 Å². The smallest absolute Gasteiger partial charge is 0.0541 e. The van der Waals surface area contributed by atoms with E-state index in [0.29, 0.717) is 0 Å². The molecule has 1 heterocycles. The van der Waals surface area contributed by atoms with Gasteiger partial charge in [0, 0.05) is 22.5 Å². The fraction of sp³-hybridized carbons (Fsp3) is 0.154. The van der Waals surface area contributed by atoms with Gasteiger partial charge >= 0.3 is 0 Å². The van der Waals surface area contributed by atoms with E-state index in [1.807, 2.05) is 48.7 Å². The molecule has 0 unspecified atom stereocenters. The zero-order valence-corrected chi connectivity index (χ0v) is 10.3. The fourth-order valence-electron chi connectivity index (χ4n) is 1.37. The standard InChI is InChI=1S/C13H12ClNS/c14-12-6-1-2-7-13(12)16-10-8-11-5-3-4-9-15-11/h1-7,9H,8,10H2. The summed E-state index contributed by atoms with van der Waals surface area (Å²) in [7, 11) is 0. The van der Waals surface area contributed by atoms with E-state index in [4.69, 9.17) is 11.6 Å². The van der Waals surface area contributed by atoms with E-state index in [1.54, 1.807) is 11.8 Å². The highest BCUT2D eigenvalue weighted by atomic mass is 35.5. The van der Waals surface area contributed by atoms with E-state index >= 15 is 0 Å². The van der Waals surface area contributed by atoms with Crippen molar-refractivity contribution < 1.29 is 0 Å². The van der Waals surface area contributed by atoms with Gasteiger partial charge in [-0.2, -0.15) is 0 Å². The maximum Gasteiger partial charge on any atom is 0.0541 e. The van der Waals surface area contributed by atoms with E-state index in [1.165, 1.54) is 0 Å². The number of thioether (sulfide) groups is 1. The van der Waals surface area contributed by atoms with Crippen LogP contribution in [0.4, 0.5) is 0 Å². The van der Waals surface area contributed by atoms with Crippen LogP contribution in [0.3, 0.4) is 0 Å². The van der Waals surface area contributed by atoms with Crippen LogP contribution in [0.5, 0.6) is 0 Å². The third-order valence-electron chi connectivity index (χ3n) is 2.18. The van der Waals surface area contributed by atoms with Gasteiger partial charge in [-0.3, -0.25) is 4.98 Å². The Morgan fingerprint density at radius 2 is 1.88 bits per heavy atom. The van der Waals surface area contributed by atoms with Crippen LogP contribution in [0.15, 0.2) is 53.6 Å². The van der Waals surface area contributed by atoms with Crippen LogP contribution < -0.4 is 0 Å². The van der Waals surface area contributed by atoms with Crippen molar-refractivity contribution in [3.63, 3.8) is 0 Å². The van der Waals surface area contributed by atoms with Gasteiger partial charge in [-0.05, 0) is 30.7 Å². The van der Waals surface area contributed by atoms with E-state index in [-0.39, 0.29) is 0 Å². The number of nitrogens with zero attached hydrogens (tertiary/aromatic N) is 1. The summed E-state index contributed by atoms with van der Waals surface area (Å²) >= 11 is 7.84. The Morgan fingerprint density at radius 3 is 2.62 bits per heavy atom. The molecule has 0 N–H and O–H groups in total. The van der Waals surface area contributed by atoms with Gasteiger partial charge in [0.15, 0.2) is 0 Å². The monoisotopic (exact) mass is 249 g/mol. The minimum absolute atomic E-state index is 0.827. The highest BCUT2D eigenvalue weighted by molar-refractivity contribution is 7.99. The number of pyridine rings is 1. The summed E-state index contributed by atoms with van der Waals surface area (Å²) in [5.74, 6) is 1.00. The molecule has 0 aliphatic heterocycles. The number of aryl methyl sites for hydroxylation is 1. The predicted octanol–water partition coefficient (Wildman–Crippen LogP) is 4.07. The Balaban J connectivity index is 1.87. The van der Waals surface area contributed by atoms with E-state index in [2.05, 4.69) is 4.98 Å². The van der Waals surface area contributed by atoms with Crippen molar-refractivity contribution in [2.75, 3.05) is 5.75 Å². The molecule has 0 bridgehead atoms. The number of halogens is 1. The Morgan fingerprint density at radius 1 is 1.06 bits per heavy atom. The van der Waals surface area contributed by atoms with Gasteiger partial charge in [0.2, 0.25) is 0 Å². The topological polar surface area (TPSA) is 12.9 Å². The average molecular weight is 250 g/mol. The maximum absolute atomic E-state index is 6.07. The number of benzene rings is 1. The Bertz CT molecular complexity index is 445. The summed E-state index contributed by atoms with van der Waals surface area (Å²) in [6.07, 6.45) is 2.80. The molecule has 82 valence electrons. The molecule has 1 aromatic carbocycles. The minimum Gasteiger partial charge on any atom is -0.261 e. The molecule has 0 spiro atoms. The first-order valence-electron chi connectivity index (χ1n) is 5.13. The molecular weight excluding hydrogens is 238 g/mol. The van der Waals surface area contributed by atoms with Crippen LogP contribution in [0.25, 0.3) is 0 Å². The first-order chi connectivity index (χ1) is 7.86. The molecule has 2 rings (SSSR count). The van der Waals surface area contributed by atoms with E-state index < -0.39 is 0 Å². The molecule has 0 saturated heterocycles. The summed E-state index contributed by atoms with van der Waals surface area (Å²) in [4.78, 5) is 5.43. The third kappa shape index (κ3) is 3.26. The summed E-state index contributed by atoms with van der Waals surface area (Å²) in [6.45, 7) is 0. The third-order valence-corrected chi connectivity index (χ3v) is 3.70. The van der Waals surface area contributed by atoms with Crippen LogP contribution in [0.2, 0.25) is 5.02 Å². The molecule has 1 nitrogen and oxygen atoms in total. The number of hydrogen-bond donors (Lipinski definition) is 0. The second-order valence-electron chi connectivity index (χ2n) is 3.35. The average Bonchev–Trinajstić information content (AvgIpc) is 2.33. The van der Waals surface area contributed by atoms with Crippen molar-refractivity contribution in [2.45, 2.75) is 11.3 Å². The normalized spacial score (nSPS) is 10.3. The molecule has 1 aromatic heterocycles. The second-order valence-corrected chi connectivity index (χ2v) is 4.89. The van der Waals surface area contributed by atoms with Gasteiger partial charge in [-0.15, -0.1) is 11.8 Å². The molecule has 0 saturated carbocycles. The van der Waals surface area contributed by atoms with Gasteiger partial charge in [-0.1, -0.05) is 29.8 Å². The highest BCUT2D eigenvalue weighted by Gasteiger charge is 2.00. The SMILES string of the molecule is Clc1ccccc1SCCc1ccccn1.